The highest BCUT2D eigenvalue weighted by molar-refractivity contribution is 6.33. The lowest BCUT2D eigenvalue weighted by molar-refractivity contribution is -0.202. The van der Waals surface area contributed by atoms with E-state index >= 15 is 0 Å². The zero-order chi connectivity index (χ0) is 16.4. The van der Waals surface area contributed by atoms with E-state index < -0.39 is 36.3 Å². The van der Waals surface area contributed by atoms with Crippen LogP contribution in [-0.4, -0.2) is 54.7 Å². The number of rotatable bonds is 2. The molecular weight excluding hydrogens is 328 g/mol. The average molecular weight is 341 g/mol. The van der Waals surface area contributed by atoms with E-state index in [2.05, 4.69) is 15.0 Å². The molecule has 2 fully saturated rings. The van der Waals surface area contributed by atoms with E-state index in [-0.39, 0.29) is 5.15 Å². The summed E-state index contributed by atoms with van der Waals surface area (Å²) in [4.78, 5) is 23.6. The summed E-state index contributed by atoms with van der Waals surface area (Å²) in [7, 11) is 0. The SMILES string of the molecule is CC1(C)O[C@@H]2[C@H](O1)[C@@H](C(=O)O)O[C@H]2n1cnc2c(Cl)ncnc21. The Bertz CT molecular complexity index is 794. The molecule has 0 aliphatic carbocycles. The van der Waals surface area contributed by atoms with Gasteiger partial charge in [-0.3, -0.25) is 4.57 Å². The molecule has 0 spiro atoms. The van der Waals surface area contributed by atoms with E-state index in [9.17, 15) is 9.90 Å². The van der Waals surface area contributed by atoms with E-state index in [1.807, 2.05) is 0 Å². The van der Waals surface area contributed by atoms with Gasteiger partial charge < -0.3 is 19.3 Å². The Morgan fingerprint density at radius 3 is 2.78 bits per heavy atom. The third-order valence-corrected chi connectivity index (χ3v) is 4.14. The van der Waals surface area contributed by atoms with Gasteiger partial charge in [0.2, 0.25) is 0 Å². The second-order valence-corrected chi connectivity index (χ2v) is 6.20. The molecule has 0 bridgehead atoms. The van der Waals surface area contributed by atoms with Gasteiger partial charge in [0.25, 0.3) is 0 Å². The molecule has 122 valence electrons. The van der Waals surface area contributed by atoms with Gasteiger partial charge in [-0.1, -0.05) is 11.6 Å². The molecule has 23 heavy (non-hydrogen) atoms. The van der Waals surface area contributed by atoms with Gasteiger partial charge in [0.15, 0.2) is 28.9 Å². The van der Waals surface area contributed by atoms with Gasteiger partial charge in [0.05, 0.1) is 6.33 Å². The van der Waals surface area contributed by atoms with Crippen molar-refractivity contribution in [3.05, 3.63) is 17.8 Å². The van der Waals surface area contributed by atoms with Crippen molar-refractivity contribution in [2.75, 3.05) is 0 Å². The molecule has 10 heteroatoms. The third-order valence-electron chi connectivity index (χ3n) is 3.86. The predicted molar refractivity (Wildman–Crippen MR) is 75.7 cm³/mol. The summed E-state index contributed by atoms with van der Waals surface area (Å²) in [5.41, 5.74) is 0.847. The van der Waals surface area contributed by atoms with Crippen LogP contribution in [0.2, 0.25) is 5.15 Å². The molecule has 2 saturated heterocycles. The van der Waals surface area contributed by atoms with Crippen LogP contribution in [0.1, 0.15) is 20.1 Å². The van der Waals surface area contributed by atoms with Crippen LogP contribution >= 0.6 is 11.6 Å². The summed E-state index contributed by atoms with van der Waals surface area (Å²) in [6, 6.07) is 0. The zero-order valence-corrected chi connectivity index (χ0v) is 13.0. The maximum absolute atomic E-state index is 11.5. The molecule has 4 heterocycles. The van der Waals surface area contributed by atoms with Crippen LogP contribution in [-0.2, 0) is 19.0 Å². The average Bonchev–Trinajstić information content (AvgIpc) is 3.09. The highest BCUT2D eigenvalue weighted by atomic mass is 35.5. The lowest BCUT2D eigenvalue weighted by Gasteiger charge is -2.23. The van der Waals surface area contributed by atoms with Crippen molar-refractivity contribution in [1.82, 2.24) is 19.5 Å². The molecule has 2 aliphatic rings. The quantitative estimate of drug-likeness (QED) is 0.806. The summed E-state index contributed by atoms with van der Waals surface area (Å²) in [6.07, 6.45) is -0.411. The lowest BCUT2D eigenvalue weighted by atomic mass is 10.1. The van der Waals surface area contributed by atoms with Crippen LogP contribution in [0.25, 0.3) is 11.2 Å². The maximum atomic E-state index is 11.5. The summed E-state index contributed by atoms with van der Waals surface area (Å²) >= 11 is 5.99. The minimum atomic E-state index is -1.14. The molecule has 0 amide bonds. The summed E-state index contributed by atoms with van der Waals surface area (Å²) in [5, 5.41) is 9.58. The summed E-state index contributed by atoms with van der Waals surface area (Å²) in [6.45, 7) is 3.46. The fraction of sp³-hybridized carbons (Fsp3) is 0.538. The van der Waals surface area contributed by atoms with E-state index in [1.54, 1.807) is 18.4 Å². The van der Waals surface area contributed by atoms with Crippen LogP contribution in [0.15, 0.2) is 12.7 Å². The van der Waals surface area contributed by atoms with E-state index in [1.165, 1.54) is 12.7 Å². The Labute approximate surface area is 135 Å². The number of carboxylic acids is 1. The Kier molecular flexibility index (Phi) is 3.11. The fourth-order valence-corrected chi connectivity index (χ4v) is 3.19. The highest BCUT2D eigenvalue weighted by Crippen LogP contribution is 2.43. The standard InChI is InChI=1S/C13H13ClN4O5/c1-13(2)22-6-7(23-13)11(21-8(6)12(19)20)18-4-17-5-9(14)15-3-16-10(5)18/h3-4,6-8,11H,1-2H3,(H,19,20)/t6-,7+,8-,11+/m0/s1. The number of ether oxygens (including phenoxy) is 3. The fourth-order valence-electron chi connectivity index (χ4n) is 3.01. The van der Waals surface area contributed by atoms with Crippen molar-refractivity contribution in [2.24, 2.45) is 0 Å². The monoisotopic (exact) mass is 340 g/mol. The molecule has 2 aliphatic heterocycles. The molecule has 0 saturated carbocycles. The normalized spacial score (nSPS) is 32.3. The number of aromatic nitrogens is 4. The number of carboxylic acid groups (broad SMARTS) is 1. The third kappa shape index (κ3) is 2.19. The largest absolute Gasteiger partial charge is 0.479 e. The topological polar surface area (TPSA) is 109 Å². The number of nitrogens with zero attached hydrogens (tertiary/aromatic N) is 4. The molecule has 4 atom stereocenters. The first-order valence-electron chi connectivity index (χ1n) is 6.94. The molecular formula is C13H13ClN4O5. The number of aliphatic carboxylic acids is 1. The highest BCUT2D eigenvalue weighted by Gasteiger charge is 2.58. The van der Waals surface area contributed by atoms with Crippen molar-refractivity contribution < 1.29 is 24.1 Å². The summed E-state index contributed by atoms with van der Waals surface area (Å²) in [5.74, 6) is -2.01. The van der Waals surface area contributed by atoms with Gasteiger partial charge >= 0.3 is 5.97 Å². The minimum absolute atomic E-state index is 0.210. The molecule has 9 nitrogen and oxygen atoms in total. The van der Waals surface area contributed by atoms with Crippen molar-refractivity contribution in [2.45, 2.75) is 44.2 Å². The molecule has 2 aromatic rings. The molecule has 1 N–H and O–H groups in total. The predicted octanol–water partition coefficient (Wildman–Crippen LogP) is 0.982. The first kappa shape index (κ1) is 14.8. The van der Waals surface area contributed by atoms with Gasteiger partial charge in [0, 0.05) is 0 Å². The van der Waals surface area contributed by atoms with Crippen LogP contribution in [0, 0.1) is 0 Å². The Morgan fingerprint density at radius 1 is 1.30 bits per heavy atom. The number of imidazole rings is 1. The Balaban J connectivity index is 1.78. The lowest BCUT2D eigenvalue weighted by Crippen LogP contribution is -2.35. The van der Waals surface area contributed by atoms with Crippen LogP contribution in [0.3, 0.4) is 0 Å². The van der Waals surface area contributed by atoms with Gasteiger partial charge in [-0.2, -0.15) is 0 Å². The van der Waals surface area contributed by atoms with Crippen molar-refractivity contribution in [1.29, 1.82) is 0 Å². The molecule has 0 unspecified atom stereocenters. The van der Waals surface area contributed by atoms with Gasteiger partial charge in [-0.05, 0) is 13.8 Å². The molecule has 0 radical (unpaired) electrons. The number of halogens is 1. The van der Waals surface area contributed by atoms with Gasteiger partial charge in [0.1, 0.15) is 24.1 Å². The molecule has 0 aromatic carbocycles. The molecule has 2 aromatic heterocycles. The van der Waals surface area contributed by atoms with Gasteiger partial charge in [-0.25, -0.2) is 19.7 Å². The van der Waals surface area contributed by atoms with Crippen LogP contribution in [0.4, 0.5) is 0 Å². The maximum Gasteiger partial charge on any atom is 0.335 e. The Morgan fingerprint density at radius 2 is 2.04 bits per heavy atom. The van der Waals surface area contributed by atoms with E-state index in [0.717, 1.165) is 0 Å². The first-order valence-corrected chi connectivity index (χ1v) is 7.32. The Hall–Kier alpha value is -1.81. The van der Waals surface area contributed by atoms with Crippen LogP contribution < -0.4 is 0 Å². The van der Waals surface area contributed by atoms with Gasteiger partial charge in [-0.15, -0.1) is 0 Å². The van der Waals surface area contributed by atoms with Crippen molar-refractivity contribution >= 4 is 28.7 Å². The second kappa shape index (κ2) is 4.84. The number of carbonyl (C=O) groups is 1. The number of hydrogen-bond donors (Lipinski definition) is 1. The number of hydrogen-bond acceptors (Lipinski definition) is 7. The van der Waals surface area contributed by atoms with Crippen LogP contribution in [0.5, 0.6) is 0 Å². The van der Waals surface area contributed by atoms with Crippen molar-refractivity contribution in [3.8, 4) is 0 Å². The second-order valence-electron chi connectivity index (χ2n) is 5.84. The minimum Gasteiger partial charge on any atom is -0.479 e. The first-order chi connectivity index (χ1) is 10.9. The summed E-state index contributed by atoms with van der Waals surface area (Å²) < 4.78 is 18.8. The van der Waals surface area contributed by atoms with E-state index in [4.69, 9.17) is 25.8 Å². The number of fused-ring (bicyclic) bond motifs is 2. The molecule has 4 rings (SSSR count). The van der Waals surface area contributed by atoms with Crippen molar-refractivity contribution in [3.63, 3.8) is 0 Å². The smallest absolute Gasteiger partial charge is 0.335 e. The van der Waals surface area contributed by atoms with E-state index in [0.29, 0.717) is 11.2 Å². The zero-order valence-electron chi connectivity index (χ0n) is 12.2.